The Hall–Kier alpha value is -0.570. The van der Waals surface area contributed by atoms with E-state index in [1.807, 2.05) is 20.8 Å². The maximum atomic E-state index is 11.5. The molecule has 0 bridgehead atoms. The lowest BCUT2D eigenvalue weighted by atomic mass is 9.89. The van der Waals surface area contributed by atoms with Gasteiger partial charge in [0.15, 0.2) is 0 Å². The SMILES string of the molecule is CCC(C)(C)OOC(=O)CCCCCCCCC(C)(C)C. The van der Waals surface area contributed by atoms with Crippen molar-refractivity contribution in [1.82, 2.24) is 0 Å². The Bertz CT molecular complexity index is 277. The normalized spacial score (nSPS) is 12.5. The molecule has 0 fully saturated rings. The first-order valence-electron chi connectivity index (χ1n) is 8.55. The molecular formula is C18H36O3. The van der Waals surface area contributed by atoms with Gasteiger partial charge in [-0.05, 0) is 38.5 Å². The molecule has 0 heterocycles. The van der Waals surface area contributed by atoms with Crippen LogP contribution in [0.2, 0.25) is 0 Å². The van der Waals surface area contributed by atoms with Crippen molar-refractivity contribution in [3.63, 3.8) is 0 Å². The highest BCUT2D eigenvalue weighted by Crippen LogP contribution is 2.22. The topological polar surface area (TPSA) is 35.5 Å². The lowest BCUT2D eigenvalue weighted by Gasteiger charge is -2.20. The third-order valence-electron chi connectivity index (χ3n) is 3.77. The molecule has 0 rings (SSSR count). The van der Waals surface area contributed by atoms with Gasteiger partial charge in [-0.2, -0.15) is 4.89 Å². The van der Waals surface area contributed by atoms with Gasteiger partial charge in [-0.3, -0.25) is 4.89 Å². The number of carbonyl (C=O) groups is 1. The van der Waals surface area contributed by atoms with Gasteiger partial charge in [0.05, 0.1) is 0 Å². The third-order valence-corrected chi connectivity index (χ3v) is 3.77. The van der Waals surface area contributed by atoms with Crippen molar-refractivity contribution in [2.24, 2.45) is 5.41 Å². The molecule has 0 aromatic heterocycles. The standard InChI is InChI=1S/C18H36O3/c1-7-18(5,6)21-20-16(19)14-12-10-8-9-11-13-15-17(2,3)4/h7-15H2,1-6H3. The van der Waals surface area contributed by atoms with Crippen LogP contribution in [0.3, 0.4) is 0 Å². The largest absolute Gasteiger partial charge is 0.342 e. The Balaban J connectivity index is 3.41. The summed E-state index contributed by atoms with van der Waals surface area (Å²) >= 11 is 0. The number of carbonyl (C=O) groups excluding carboxylic acids is 1. The second-order valence-electron chi connectivity index (χ2n) is 7.83. The number of hydrogen-bond acceptors (Lipinski definition) is 3. The molecule has 0 unspecified atom stereocenters. The van der Waals surface area contributed by atoms with Crippen molar-refractivity contribution in [1.29, 1.82) is 0 Å². The van der Waals surface area contributed by atoms with Gasteiger partial charge in [0, 0.05) is 6.42 Å². The van der Waals surface area contributed by atoms with E-state index in [2.05, 4.69) is 20.8 Å². The van der Waals surface area contributed by atoms with E-state index < -0.39 is 0 Å². The molecule has 0 amide bonds. The molecule has 0 N–H and O–H groups in total. The quantitative estimate of drug-likeness (QED) is 0.274. The van der Waals surface area contributed by atoms with Crippen molar-refractivity contribution < 1.29 is 14.6 Å². The monoisotopic (exact) mass is 300 g/mol. The lowest BCUT2D eigenvalue weighted by Crippen LogP contribution is -2.25. The molecule has 3 heteroatoms. The van der Waals surface area contributed by atoms with Crippen molar-refractivity contribution >= 4 is 5.97 Å². The maximum absolute atomic E-state index is 11.5. The minimum atomic E-state index is -0.386. The van der Waals surface area contributed by atoms with E-state index in [1.165, 1.54) is 32.1 Å². The van der Waals surface area contributed by atoms with Crippen LogP contribution in [0.4, 0.5) is 0 Å². The van der Waals surface area contributed by atoms with Gasteiger partial charge in [0.2, 0.25) is 0 Å². The lowest BCUT2D eigenvalue weighted by molar-refractivity contribution is -0.325. The zero-order valence-corrected chi connectivity index (χ0v) is 15.1. The highest BCUT2D eigenvalue weighted by atomic mass is 17.2. The van der Waals surface area contributed by atoms with Gasteiger partial charge < -0.3 is 0 Å². The molecule has 0 saturated heterocycles. The summed E-state index contributed by atoms with van der Waals surface area (Å²) in [6.45, 7) is 12.7. The van der Waals surface area contributed by atoms with E-state index >= 15 is 0 Å². The number of rotatable bonds is 11. The molecule has 126 valence electrons. The Labute approximate surface area is 131 Å². The summed E-state index contributed by atoms with van der Waals surface area (Å²) in [6, 6.07) is 0. The summed E-state index contributed by atoms with van der Waals surface area (Å²) in [5, 5.41) is 0. The molecule has 0 spiro atoms. The Kier molecular flexibility index (Phi) is 9.93. The molecule has 0 aliphatic carbocycles. The van der Waals surface area contributed by atoms with Gasteiger partial charge in [0.1, 0.15) is 5.60 Å². The van der Waals surface area contributed by atoms with Crippen LogP contribution in [-0.4, -0.2) is 11.6 Å². The second kappa shape index (κ2) is 10.2. The molecular weight excluding hydrogens is 264 g/mol. The Morgan fingerprint density at radius 2 is 1.38 bits per heavy atom. The molecule has 0 radical (unpaired) electrons. The minimum absolute atomic E-state index is 0.246. The van der Waals surface area contributed by atoms with Gasteiger partial charge >= 0.3 is 5.97 Å². The van der Waals surface area contributed by atoms with Crippen LogP contribution in [0.1, 0.15) is 99.3 Å². The third kappa shape index (κ3) is 14.1. The van der Waals surface area contributed by atoms with Crippen molar-refractivity contribution in [3.05, 3.63) is 0 Å². The summed E-state index contributed by atoms with van der Waals surface area (Å²) < 4.78 is 0. The molecule has 21 heavy (non-hydrogen) atoms. The number of unbranched alkanes of at least 4 members (excludes halogenated alkanes) is 5. The summed E-state index contributed by atoms with van der Waals surface area (Å²) in [7, 11) is 0. The predicted octanol–water partition coefficient (Wildman–Crippen LogP) is 5.82. The summed E-state index contributed by atoms with van der Waals surface area (Å²) in [5.41, 5.74) is 0.0682. The van der Waals surface area contributed by atoms with Crippen LogP contribution >= 0.6 is 0 Å². The predicted molar refractivity (Wildman–Crippen MR) is 87.9 cm³/mol. The fourth-order valence-corrected chi connectivity index (χ4v) is 1.89. The summed E-state index contributed by atoms with van der Waals surface area (Å²) in [4.78, 5) is 21.5. The van der Waals surface area contributed by atoms with Crippen molar-refractivity contribution in [2.45, 2.75) is 105 Å². The van der Waals surface area contributed by atoms with Crippen molar-refractivity contribution in [3.8, 4) is 0 Å². The van der Waals surface area contributed by atoms with Crippen LogP contribution in [0.5, 0.6) is 0 Å². The Morgan fingerprint density at radius 3 is 1.90 bits per heavy atom. The van der Waals surface area contributed by atoms with E-state index in [9.17, 15) is 4.79 Å². The first-order valence-corrected chi connectivity index (χ1v) is 8.55. The fraction of sp³-hybridized carbons (Fsp3) is 0.944. The van der Waals surface area contributed by atoms with E-state index in [-0.39, 0.29) is 11.6 Å². The summed E-state index contributed by atoms with van der Waals surface area (Å²) in [5.74, 6) is -0.246. The van der Waals surface area contributed by atoms with Crippen LogP contribution < -0.4 is 0 Å². The number of hydrogen-bond donors (Lipinski definition) is 0. The van der Waals surface area contributed by atoms with E-state index in [4.69, 9.17) is 9.78 Å². The molecule has 0 aromatic rings. The smallest absolute Gasteiger partial charge is 0.298 e. The Morgan fingerprint density at radius 1 is 0.857 bits per heavy atom. The molecule has 0 saturated carbocycles. The van der Waals surface area contributed by atoms with Crippen LogP contribution in [0.15, 0.2) is 0 Å². The first kappa shape index (κ1) is 20.4. The van der Waals surface area contributed by atoms with Crippen molar-refractivity contribution in [2.75, 3.05) is 0 Å². The highest BCUT2D eigenvalue weighted by Gasteiger charge is 2.19. The van der Waals surface area contributed by atoms with E-state index in [0.29, 0.717) is 11.8 Å². The van der Waals surface area contributed by atoms with Gasteiger partial charge in [-0.15, -0.1) is 0 Å². The fourth-order valence-electron chi connectivity index (χ4n) is 1.89. The highest BCUT2D eigenvalue weighted by molar-refractivity contribution is 5.68. The molecule has 3 nitrogen and oxygen atoms in total. The molecule has 0 aromatic carbocycles. The molecule has 0 aliphatic heterocycles. The maximum Gasteiger partial charge on any atom is 0.342 e. The van der Waals surface area contributed by atoms with Crippen LogP contribution in [0, 0.1) is 5.41 Å². The van der Waals surface area contributed by atoms with E-state index in [1.54, 1.807) is 0 Å². The van der Waals surface area contributed by atoms with Gasteiger partial charge in [0.25, 0.3) is 0 Å². The first-order chi connectivity index (χ1) is 9.66. The summed E-state index contributed by atoms with van der Waals surface area (Å²) in [6.07, 6.45) is 9.65. The molecule has 0 aliphatic rings. The van der Waals surface area contributed by atoms with Gasteiger partial charge in [-0.1, -0.05) is 59.8 Å². The van der Waals surface area contributed by atoms with Gasteiger partial charge in [-0.25, -0.2) is 4.79 Å². The zero-order chi connectivity index (χ0) is 16.4. The van der Waals surface area contributed by atoms with Crippen LogP contribution in [0.25, 0.3) is 0 Å². The van der Waals surface area contributed by atoms with E-state index in [0.717, 1.165) is 19.3 Å². The average molecular weight is 300 g/mol. The average Bonchev–Trinajstić information content (AvgIpc) is 2.38. The minimum Gasteiger partial charge on any atom is -0.298 e. The zero-order valence-electron chi connectivity index (χ0n) is 15.1. The molecule has 0 atom stereocenters. The second-order valence-corrected chi connectivity index (χ2v) is 7.83. The van der Waals surface area contributed by atoms with Crippen LogP contribution in [-0.2, 0) is 14.6 Å².